The van der Waals surface area contributed by atoms with E-state index in [-0.39, 0.29) is 12.3 Å². The summed E-state index contributed by atoms with van der Waals surface area (Å²) < 4.78 is 16.0. The van der Waals surface area contributed by atoms with Crippen LogP contribution in [0, 0.1) is 0 Å². The zero-order chi connectivity index (χ0) is 10.5. The molecule has 4 nitrogen and oxygen atoms in total. The van der Waals surface area contributed by atoms with Crippen LogP contribution in [0.3, 0.4) is 0 Å². The van der Waals surface area contributed by atoms with Crippen LogP contribution in [0.1, 0.15) is 18.4 Å². The van der Waals surface area contributed by atoms with Gasteiger partial charge in [0.05, 0.1) is 7.11 Å². The third kappa shape index (κ3) is 1.18. The number of hydrogen-bond donors (Lipinski definition) is 1. The first-order valence-corrected chi connectivity index (χ1v) is 5.00. The van der Waals surface area contributed by atoms with Gasteiger partial charge in [-0.05, 0) is 25.0 Å². The Kier molecular flexibility index (Phi) is 1.65. The van der Waals surface area contributed by atoms with Crippen molar-refractivity contribution in [3.63, 3.8) is 0 Å². The van der Waals surface area contributed by atoms with E-state index in [1.165, 1.54) is 0 Å². The summed E-state index contributed by atoms with van der Waals surface area (Å²) in [7, 11) is 1.63. The van der Waals surface area contributed by atoms with Gasteiger partial charge in [-0.25, -0.2) is 0 Å². The number of hydrogen-bond acceptors (Lipinski definition) is 4. The Morgan fingerprint density at radius 1 is 1.33 bits per heavy atom. The molecule has 0 amide bonds. The van der Waals surface area contributed by atoms with E-state index in [4.69, 9.17) is 19.9 Å². The van der Waals surface area contributed by atoms with E-state index < -0.39 is 0 Å². The van der Waals surface area contributed by atoms with E-state index in [0.717, 1.165) is 29.9 Å². The van der Waals surface area contributed by atoms with Gasteiger partial charge in [0.15, 0.2) is 11.5 Å². The molecular weight excluding hydrogens is 194 g/mol. The maximum atomic E-state index is 6.16. The molecule has 1 saturated carbocycles. The third-order valence-corrected chi connectivity index (χ3v) is 3.02. The zero-order valence-corrected chi connectivity index (χ0v) is 8.58. The van der Waals surface area contributed by atoms with Crippen LogP contribution in [0.2, 0.25) is 0 Å². The molecule has 2 aliphatic rings. The minimum Gasteiger partial charge on any atom is -0.492 e. The second-order valence-corrected chi connectivity index (χ2v) is 4.04. The molecule has 1 aliphatic heterocycles. The van der Waals surface area contributed by atoms with Crippen LogP contribution in [-0.2, 0) is 5.54 Å². The van der Waals surface area contributed by atoms with Crippen LogP contribution in [-0.4, -0.2) is 13.9 Å². The molecule has 0 atom stereocenters. The fourth-order valence-corrected chi connectivity index (χ4v) is 1.95. The lowest BCUT2D eigenvalue weighted by atomic mass is 10.0. The van der Waals surface area contributed by atoms with Crippen molar-refractivity contribution in [1.29, 1.82) is 0 Å². The van der Waals surface area contributed by atoms with E-state index in [0.29, 0.717) is 5.75 Å². The standard InChI is InChI=1S/C11H13NO3/c1-13-9-7(11(12)4-5-11)2-3-8-10(9)15-6-14-8/h2-3H,4-6,12H2,1H3. The summed E-state index contributed by atoms with van der Waals surface area (Å²) in [5.74, 6) is 2.15. The first kappa shape index (κ1) is 8.85. The summed E-state index contributed by atoms with van der Waals surface area (Å²) in [5, 5.41) is 0. The first-order valence-electron chi connectivity index (χ1n) is 5.00. The second-order valence-electron chi connectivity index (χ2n) is 4.04. The Morgan fingerprint density at radius 2 is 2.13 bits per heavy atom. The van der Waals surface area contributed by atoms with Gasteiger partial charge >= 0.3 is 0 Å². The Bertz CT molecular complexity index is 413. The molecule has 0 spiro atoms. The molecule has 1 aromatic carbocycles. The fourth-order valence-electron chi connectivity index (χ4n) is 1.95. The van der Waals surface area contributed by atoms with Gasteiger partial charge in [0, 0.05) is 11.1 Å². The lowest BCUT2D eigenvalue weighted by molar-refractivity contribution is 0.171. The Hall–Kier alpha value is -1.42. The third-order valence-electron chi connectivity index (χ3n) is 3.02. The van der Waals surface area contributed by atoms with Crippen LogP contribution in [0.25, 0.3) is 0 Å². The van der Waals surface area contributed by atoms with Crippen LogP contribution in [0.15, 0.2) is 12.1 Å². The van der Waals surface area contributed by atoms with Gasteiger partial charge in [-0.3, -0.25) is 0 Å². The molecule has 15 heavy (non-hydrogen) atoms. The molecule has 0 saturated heterocycles. The van der Waals surface area contributed by atoms with Crippen molar-refractivity contribution in [2.75, 3.05) is 13.9 Å². The molecule has 1 aromatic rings. The molecule has 1 fully saturated rings. The van der Waals surface area contributed by atoms with Gasteiger partial charge in [0.1, 0.15) is 0 Å². The topological polar surface area (TPSA) is 53.7 Å². The van der Waals surface area contributed by atoms with Crippen molar-refractivity contribution in [3.05, 3.63) is 17.7 Å². The molecule has 0 unspecified atom stereocenters. The molecule has 1 heterocycles. The van der Waals surface area contributed by atoms with E-state index in [9.17, 15) is 0 Å². The highest BCUT2D eigenvalue weighted by atomic mass is 16.7. The largest absolute Gasteiger partial charge is 0.492 e. The van der Waals surface area contributed by atoms with Gasteiger partial charge in [-0.2, -0.15) is 0 Å². The van der Waals surface area contributed by atoms with Crippen LogP contribution in [0.5, 0.6) is 17.2 Å². The van der Waals surface area contributed by atoms with Crippen LogP contribution < -0.4 is 19.9 Å². The molecule has 3 rings (SSSR count). The summed E-state index contributed by atoms with van der Waals surface area (Å²) in [5.41, 5.74) is 6.97. The van der Waals surface area contributed by atoms with E-state index >= 15 is 0 Å². The summed E-state index contributed by atoms with van der Waals surface area (Å²) in [6, 6.07) is 3.87. The average molecular weight is 207 g/mol. The number of fused-ring (bicyclic) bond motifs is 1. The number of ether oxygens (including phenoxy) is 3. The smallest absolute Gasteiger partial charge is 0.231 e. The number of methoxy groups -OCH3 is 1. The molecule has 1 aliphatic carbocycles. The van der Waals surface area contributed by atoms with Gasteiger partial charge in [-0.15, -0.1) is 0 Å². The Balaban J connectivity index is 2.15. The monoisotopic (exact) mass is 207 g/mol. The van der Waals surface area contributed by atoms with Crippen molar-refractivity contribution in [1.82, 2.24) is 0 Å². The van der Waals surface area contributed by atoms with Crippen molar-refractivity contribution in [3.8, 4) is 17.2 Å². The van der Waals surface area contributed by atoms with Crippen molar-refractivity contribution in [2.24, 2.45) is 5.73 Å². The average Bonchev–Trinajstić information content (AvgIpc) is 2.82. The minimum absolute atomic E-state index is 0.216. The predicted molar refractivity (Wildman–Crippen MR) is 54.2 cm³/mol. The van der Waals surface area contributed by atoms with Crippen molar-refractivity contribution in [2.45, 2.75) is 18.4 Å². The molecule has 0 radical (unpaired) electrons. The maximum absolute atomic E-state index is 6.16. The number of benzene rings is 1. The molecule has 4 heteroatoms. The predicted octanol–water partition coefficient (Wildman–Crippen LogP) is 1.37. The minimum atomic E-state index is -0.216. The van der Waals surface area contributed by atoms with E-state index in [1.54, 1.807) is 7.11 Å². The van der Waals surface area contributed by atoms with Gasteiger partial charge in [-0.1, -0.05) is 0 Å². The van der Waals surface area contributed by atoms with Crippen molar-refractivity contribution < 1.29 is 14.2 Å². The molecule has 0 bridgehead atoms. The molecule has 2 N–H and O–H groups in total. The second kappa shape index (κ2) is 2.79. The van der Waals surface area contributed by atoms with Gasteiger partial charge in [0.2, 0.25) is 12.5 Å². The van der Waals surface area contributed by atoms with Crippen LogP contribution >= 0.6 is 0 Å². The van der Waals surface area contributed by atoms with Gasteiger partial charge in [0.25, 0.3) is 0 Å². The SMILES string of the molecule is COc1c(C2(N)CC2)ccc2c1OCO2. The number of nitrogens with two attached hydrogens (primary N) is 1. The zero-order valence-electron chi connectivity index (χ0n) is 8.58. The fraction of sp³-hybridized carbons (Fsp3) is 0.455. The van der Waals surface area contributed by atoms with Crippen molar-refractivity contribution >= 4 is 0 Å². The summed E-state index contributed by atoms with van der Waals surface area (Å²) in [6.45, 7) is 0.257. The normalized spacial score (nSPS) is 20.1. The summed E-state index contributed by atoms with van der Waals surface area (Å²) in [6.07, 6.45) is 2.01. The number of rotatable bonds is 2. The highest BCUT2D eigenvalue weighted by Gasteiger charge is 2.43. The molecular formula is C11H13NO3. The highest BCUT2D eigenvalue weighted by Crippen LogP contribution is 2.52. The van der Waals surface area contributed by atoms with Crippen LogP contribution in [0.4, 0.5) is 0 Å². The highest BCUT2D eigenvalue weighted by molar-refractivity contribution is 5.59. The molecule has 80 valence electrons. The maximum Gasteiger partial charge on any atom is 0.231 e. The summed E-state index contributed by atoms with van der Waals surface area (Å²) >= 11 is 0. The Morgan fingerprint density at radius 3 is 2.80 bits per heavy atom. The lowest BCUT2D eigenvalue weighted by Crippen LogP contribution is -2.19. The van der Waals surface area contributed by atoms with E-state index in [1.807, 2.05) is 12.1 Å². The lowest BCUT2D eigenvalue weighted by Gasteiger charge is -2.15. The van der Waals surface area contributed by atoms with Gasteiger partial charge < -0.3 is 19.9 Å². The summed E-state index contributed by atoms with van der Waals surface area (Å²) in [4.78, 5) is 0. The first-order chi connectivity index (χ1) is 7.24. The molecule has 0 aromatic heterocycles. The Labute approximate surface area is 87.9 Å². The van der Waals surface area contributed by atoms with E-state index in [2.05, 4.69) is 0 Å². The quantitative estimate of drug-likeness (QED) is 0.795.